The second kappa shape index (κ2) is 3.11. The van der Waals surface area contributed by atoms with Gasteiger partial charge in [-0.1, -0.05) is 18.2 Å². The van der Waals surface area contributed by atoms with E-state index in [-0.39, 0.29) is 5.91 Å². The van der Waals surface area contributed by atoms with E-state index in [4.69, 9.17) is 0 Å². The number of amides is 1. The topological polar surface area (TPSA) is 29.4 Å². The first-order valence-corrected chi connectivity index (χ1v) is 4.69. The van der Waals surface area contributed by atoms with E-state index in [9.17, 15) is 4.79 Å². The van der Waals surface area contributed by atoms with Crippen molar-refractivity contribution in [1.82, 2.24) is 0 Å². The molecule has 0 radical (unpaired) electrons. The third kappa shape index (κ3) is 1.41. The lowest BCUT2D eigenvalue weighted by Gasteiger charge is -1.84. The predicted octanol–water partition coefficient (Wildman–Crippen LogP) is 0.318. The number of carbonyl (C=O) groups is 1. The zero-order valence-corrected chi connectivity index (χ0v) is 7.17. The van der Waals surface area contributed by atoms with Gasteiger partial charge in [0.25, 0.3) is 5.91 Å². The highest BCUT2D eigenvalue weighted by atomic mass is 32.2. The summed E-state index contributed by atoms with van der Waals surface area (Å²) in [5.41, 5.74) is 0. The van der Waals surface area contributed by atoms with Gasteiger partial charge in [-0.15, -0.1) is 11.8 Å². The Bertz CT molecular complexity index is 424. The molecular formula is C9H7NOS. The molecule has 0 fully saturated rings. The summed E-state index contributed by atoms with van der Waals surface area (Å²) >= 11 is 1.50. The molecule has 0 N–H and O–H groups in total. The minimum Gasteiger partial charge on any atom is -0.272 e. The summed E-state index contributed by atoms with van der Waals surface area (Å²) in [5.74, 6) is 0.399. The van der Waals surface area contributed by atoms with Gasteiger partial charge in [-0.2, -0.15) is 0 Å². The van der Waals surface area contributed by atoms with E-state index >= 15 is 0 Å². The fraction of sp³-hybridized carbons (Fsp3) is 0.111. The fourth-order valence-corrected chi connectivity index (χ4v) is 1.73. The number of thioether (sulfide) groups is 1. The summed E-state index contributed by atoms with van der Waals surface area (Å²) in [6, 6.07) is 7.65. The van der Waals surface area contributed by atoms with E-state index in [1.54, 1.807) is 0 Å². The van der Waals surface area contributed by atoms with E-state index in [2.05, 4.69) is 4.99 Å². The average molecular weight is 177 g/mol. The molecule has 12 heavy (non-hydrogen) atoms. The Kier molecular flexibility index (Phi) is 1.96. The van der Waals surface area contributed by atoms with Crippen LogP contribution in [0.5, 0.6) is 0 Å². The van der Waals surface area contributed by atoms with E-state index in [1.807, 2.05) is 29.7 Å². The number of para-hydroxylation sites is 1. The van der Waals surface area contributed by atoms with Crippen LogP contribution >= 0.6 is 11.8 Å². The molecule has 2 rings (SSSR count). The standard InChI is InChI=1S/C9H7NOS/c11-9-6-12-5-7-3-1-2-4-8(7)10-9/h1-5H,6H2. The molecule has 1 heterocycles. The summed E-state index contributed by atoms with van der Waals surface area (Å²) in [5, 5.41) is 3.80. The Morgan fingerprint density at radius 2 is 2.17 bits per heavy atom. The Labute approximate surface area is 74.0 Å². The summed E-state index contributed by atoms with van der Waals surface area (Å²) in [4.78, 5) is 15.0. The number of rotatable bonds is 0. The van der Waals surface area contributed by atoms with E-state index in [0.717, 1.165) is 10.6 Å². The van der Waals surface area contributed by atoms with E-state index in [0.29, 0.717) is 5.75 Å². The van der Waals surface area contributed by atoms with Crippen molar-refractivity contribution < 1.29 is 4.79 Å². The third-order valence-corrected chi connectivity index (χ3v) is 2.43. The molecule has 1 amide bonds. The van der Waals surface area contributed by atoms with Gasteiger partial charge < -0.3 is 0 Å². The fourth-order valence-electron chi connectivity index (χ4n) is 1.06. The largest absolute Gasteiger partial charge is 0.272 e. The number of carbonyl (C=O) groups excluding carboxylic acids is 1. The van der Waals surface area contributed by atoms with Crippen molar-refractivity contribution in [2.24, 2.45) is 4.99 Å². The molecule has 0 aromatic heterocycles. The first kappa shape index (κ1) is 7.55. The maximum Gasteiger partial charge on any atom is 0.256 e. The Morgan fingerprint density at radius 1 is 1.33 bits per heavy atom. The molecule has 0 aliphatic carbocycles. The number of fused-ring (bicyclic) bond motifs is 1. The molecule has 0 bridgehead atoms. The molecule has 1 aromatic carbocycles. The number of benzene rings is 1. The van der Waals surface area contributed by atoms with Crippen LogP contribution in [0.25, 0.3) is 5.41 Å². The second-order valence-corrected chi connectivity index (χ2v) is 3.35. The van der Waals surface area contributed by atoms with Crippen molar-refractivity contribution in [2.45, 2.75) is 0 Å². The lowest BCUT2D eigenvalue weighted by Crippen LogP contribution is -2.23. The Balaban J connectivity index is 2.76. The lowest BCUT2D eigenvalue weighted by molar-refractivity contribution is -0.115. The normalized spacial score (nSPS) is 15.5. The maximum absolute atomic E-state index is 11.0. The van der Waals surface area contributed by atoms with Crippen molar-refractivity contribution in [2.75, 3.05) is 5.75 Å². The third-order valence-electron chi connectivity index (χ3n) is 1.60. The van der Waals surface area contributed by atoms with Crippen LogP contribution in [0.2, 0.25) is 0 Å². The number of hydrogen-bond donors (Lipinski definition) is 0. The van der Waals surface area contributed by atoms with Crippen molar-refractivity contribution in [3.8, 4) is 0 Å². The van der Waals surface area contributed by atoms with Gasteiger partial charge in [-0.25, -0.2) is 4.99 Å². The van der Waals surface area contributed by atoms with Gasteiger partial charge in [0, 0.05) is 5.22 Å². The van der Waals surface area contributed by atoms with Gasteiger partial charge in [0.2, 0.25) is 0 Å². The minimum absolute atomic E-state index is 0.0544. The summed E-state index contributed by atoms with van der Waals surface area (Å²) in [6.07, 6.45) is 0. The van der Waals surface area contributed by atoms with E-state index < -0.39 is 0 Å². The van der Waals surface area contributed by atoms with Crippen LogP contribution in [0.3, 0.4) is 0 Å². The molecule has 1 aliphatic heterocycles. The van der Waals surface area contributed by atoms with Crippen molar-refractivity contribution in [3.63, 3.8) is 0 Å². The molecular weight excluding hydrogens is 170 g/mol. The van der Waals surface area contributed by atoms with Crippen molar-refractivity contribution in [3.05, 3.63) is 34.8 Å². The van der Waals surface area contributed by atoms with Crippen LogP contribution in [-0.2, 0) is 4.79 Å². The molecule has 2 nitrogen and oxygen atoms in total. The molecule has 0 atom stereocenters. The first-order valence-electron chi connectivity index (χ1n) is 3.65. The van der Waals surface area contributed by atoms with Crippen LogP contribution in [0.4, 0.5) is 0 Å². The minimum atomic E-state index is -0.0544. The average Bonchev–Trinajstić information content (AvgIpc) is 2.25. The maximum atomic E-state index is 11.0. The van der Waals surface area contributed by atoms with Gasteiger partial charge in [0.1, 0.15) is 0 Å². The summed E-state index contributed by atoms with van der Waals surface area (Å²) < 4.78 is 0. The van der Waals surface area contributed by atoms with Crippen LogP contribution in [0.1, 0.15) is 0 Å². The lowest BCUT2D eigenvalue weighted by atomic mass is 10.3. The molecule has 0 saturated carbocycles. The molecule has 60 valence electrons. The van der Waals surface area contributed by atoms with Gasteiger partial charge in [0.15, 0.2) is 0 Å². The predicted molar refractivity (Wildman–Crippen MR) is 49.2 cm³/mol. The highest BCUT2D eigenvalue weighted by molar-refractivity contribution is 8.07. The van der Waals surface area contributed by atoms with Crippen LogP contribution < -0.4 is 10.6 Å². The smallest absolute Gasteiger partial charge is 0.256 e. The van der Waals surface area contributed by atoms with Gasteiger partial charge in [-0.3, -0.25) is 4.79 Å². The summed E-state index contributed by atoms with van der Waals surface area (Å²) in [7, 11) is 0. The van der Waals surface area contributed by atoms with Crippen molar-refractivity contribution in [1.29, 1.82) is 0 Å². The van der Waals surface area contributed by atoms with Crippen LogP contribution in [0.15, 0.2) is 29.3 Å². The monoisotopic (exact) mass is 177 g/mol. The SMILES string of the molecule is O=C1CSC=c2ccccc2=N1. The highest BCUT2D eigenvalue weighted by Crippen LogP contribution is 2.02. The highest BCUT2D eigenvalue weighted by Gasteiger charge is 2.00. The summed E-state index contributed by atoms with van der Waals surface area (Å²) in [6.45, 7) is 0. The first-order chi connectivity index (χ1) is 5.86. The van der Waals surface area contributed by atoms with Crippen LogP contribution in [-0.4, -0.2) is 11.7 Å². The second-order valence-electron chi connectivity index (χ2n) is 2.49. The number of nitrogens with zero attached hydrogens (tertiary/aromatic N) is 1. The number of hydrogen-bond acceptors (Lipinski definition) is 2. The molecule has 1 aromatic rings. The van der Waals surface area contributed by atoms with Crippen molar-refractivity contribution >= 4 is 23.1 Å². The van der Waals surface area contributed by atoms with Crippen LogP contribution in [0, 0.1) is 0 Å². The van der Waals surface area contributed by atoms with E-state index in [1.165, 1.54) is 11.8 Å². The molecule has 0 spiro atoms. The molecule has 1 aliphatic rings. The van der Waals surface area contributed by atoms with Gasteiger partial charge in [-0.05, 0) is 11.5 Å². The van der Waals surface area contributed by atoms with Gasteiger partial charge in [0.05, 0.1) is 11.1 Å². The molecule has 0 unspecified atom stereocenters. The zero-order valence-electron chi connectivity index (χ0n) is 6.36. The molecule has 0 saturated heterocycles. The molecule has 3 heteroatoms. The quantitative estimate of drug-likeness (QED) is 0.571. The Hall–Kier alpha value is -1.09. The Morgan fingerprint density at radius 3 is 3.08 bits per heavy atom. The van der Waals surface area contributed by atoms with Gasteiger partial charge >= 0.3 is 0 Å². The zero-order chi connectivity index (χ0) is 8.39.